The zero-order chi connectivity index (χ0) is 20.2. The van der Waals surface area contributed by atoms with Gasteiger partial charge in [0.1, 0.15) is 17.5 Å². The Labute approximate surface area is 170 Å². The van der Waals surface area contributed by atoms with Crippen molar-refractivity contribution in [2.45, 2.75) is 44.2 Å². The normalized spacial score (nSPS) is 23.9. The van der Waals surface area contributed by atoms with Crippen molar-refractivity contribution in [3.05, 3.63) is 54.6 Å². The molecule has 2 N–H and O–H groups in total. The molecule has 3 atom stereocenters. The fraction of sp³-hybridized carbons (Fsp3) is 0.391. The van der Waals surface area contributed by atoms with Crippen LogP contribution in [0.3, 0.4) is 0 Å². The molecule has 4 rings (SSSR count). The molecule has 29 heavy (non-hydrogen) atoms. The van der Waals surface area contributed by atoms with Crippen molar-refractivity contribution in [2.24, 2.45) is 5.92 Å². The molecule has 1 saturated carbocycles. The number of hydrogen-bond acceptors (Lipinski definition) is 4. The van der Waals surface area contributed by atoms with Crippen molar-refractivity contribution in [1.82, 2.24) is 4.90 Å². The predicted octanol–water partition coefficient (Wildman–Crippen LogP) is 4.14. The van der Waals surface area contributed by atoms with Gasteiger partial charge in [-0.15, -0.1) is 0 Å². The molecule has 1 heterocycles. The third kappa shape index (κ3) is 4.59. The van der Waals surface area contributed by atoms with E-state index in [0.29, 0.717) is 23.8 Å². The molecule has 0 radical (unpaired) electrons. The van der Waals surface area contributed by atoms with Crippen LogP contribution in [0.1, 0.15) is 32.1 Å². The maximum atomic E-state index is 12.7. The first-order chi connectivity index (χ1) is 14.1. The predicted molar refractivity (Wildman–Crippen MR) is 110 cm³/mol. The van der Waals surface area contributed by atoms with E-state index in [1.165, 1.54) is 0 Å². The van der Waals surface area contributed by atoms with Gasteiger partial charge in [0.15, 0.2) is 0 Å². The lowest BCUT2D eigenvalue weighted by molar-refractivity contribution is -0.143. The highest BCUT2D eigenvalue weighted by Crippen LogP contribution is 2.39. The van der Waals surface area contributed by atoms with Gasteiger partial charge in [-0.2, -0.15) is 0 Å². The molecule has 1 amide bonds. The maximum Gasteiger partial charge on any atom is 0.320 e. The molecule has 2 fully saturated rings. The summed E-state index contributed by atoms with van der Waals surface area (Å²) in [5.74, 6) is 0.719. The Kier molecular flexibility index (Phi) is 5.81. The van der Waals surface area contributed by atoms with Gasteiger partial charge in [0.25, 0.3) is 0 Å². The smallest absolute Gasteiger partial charge is 0.320 e. The van der Waals surface area contributed by atoms with E-state index in [-0.39, 0.29) is 18.5 Å². The number of ether oxygens (including phenoxy) is 1. The minimum Gasteiger partial charge on any atom is -0.480 e. The highest BCUT2D eigenvalue weighted by Gasteiger charge is 2.45. The number of nitrogens with one attached hydrogen (secondary N) is 1. The van der Waals surface area contributed by atoms with E-state index in [9.17, 15) is 14.7 Å². The van der Waals surface area contributed by atoms with E-state index < -0.39 is 12.0 Å². The minimum absolute atomic E-state index is 0.0991. The second kappa shape index (κ2) is 8.66. The summed E-state index contributed by atoms with van der Waals surface area (Å²) in [6.45, 7) is 0.0991. The molecular weight excluding hydrogens is 368 g/mol. The molecule has 1 saturated heterocycles. The highest BCUT2D eigenvalue weighted by atomic mass is 16.5. The van der Waals surface area contributed by atoms with Crippen LogP contribution in [0.15, 0.2) is 54.6 Å². The lowest BCUT2D eigenvalue weighted by Gasteiger charge is -2.32. The lowest BCUT2D eigenvalue weighted by Crippen LogP contribution is -2.46. The quantitative estimate of drug-likeness (QED) is 0.770. The van der Waals surface area contributed by atoms with E-state index in [2.05, 4.69) is 5.32 Å². The Hall–Kier alpha value is -2.86. The number of carboxylic acid groups (broad SMARTS) is 1. The summed E-state index contributed by atoms with van der Waals surface area (Å²) in [6, 6.07) is 16.3. The summed E-state index contributed by atoms with van der Waals surface area (Å²) in [4.78, 5) is 26.3. The SMILES string of the molecule is O=C(CN1C(C(=O)O)CC2CCCCC21)Nc1cccc(Oc2ccccc2)c1. The summed E-state index contributed by atoms with van der Waals surface area (Å²) < 4.78 is 5.81. The monoisotopic (exact) mass is 394 g/mol. The van der Waals surface area contributed by atoms with Gasteiger partial charge < -0.3 is 15.2 Å². The molecule has 2 aromatic carbocycles. The Morgan fingerprint density at radius 3 is 2.59 bits per heavy atom. The number of hydrogen-bond donors (Lipinski definition) is 2. The average Bonchev–Trinajstić information content (AvgIpc) is 3.08. The second-order valence-corrected chi connectivity index (χ2v) is 7.87. The number of fused-ring (bicyclic) bond motifs is 1. The van der Waals surface area contributed by atoms with Crippen molar-refractivity contribution >= 4 is 17.6 Å². The standard InChI is InChI=1S/C23H26N2O4/c26-22(15-25-20-12-5-4-7-16(20)13-21(25)23(27)28)24-17-8-6-11-19(14-17)29-18-9-2-1-3-10-18/h1-3,6,8-11,14,16,20-21H,4-5,7,12-13,15H2,(H,24,26)(H,27,28). The van der Waals surface area contributed by atoms with Crippen LogP contribution in [0, 0.1) is 5.92 Å². The second-order valence-electron chi connectivity index (χ2n) is 7.87. The van der Waals surface area contributed by atoms with Crippen molar-refractivity contribution < 1.29 is 19.4 Å². The van der Waals surface area contributed by atoms with Crippen molar-refractivity contribution in [3.63, 3.8) is 0 Å². The number of aliphatic carboxylic acids is 1. The molecule has 0 spiro atoms. The number of carbonyl (C=O) groups excluding carboxylic acids is 1. The molecule has 6 heteroatoms. The molecule has 2 aromatic rings. The molecule has 1 aliphatic carbocycles. The van der Waals surface area contributed by atoms with Crippen molar-refractivity contribution in [1.29, 1.82) is 0 Å². The first kappa shape index (κ1) is 19.5. The van der Waals surface area contributed by atoms with Crippen LogP contribution in [0.5, 0.6) is 11.5 Å². The molecule has 3 unspecified atom stereocenters. The lowest BCUT2D eigenvalue weighted by atomic mass is 9.85. The topological polar surface area (TPSA) is 78.9 Å². The third-order valence-corrected chi connectivity index (χ3v) is 5.93. The Morgan fingerprint density at radius 2 is 1.79 bits per heavy atom. The number of likely N-dealkylation sites (tertiary alicyclic amines) is 1. The molecule has 0 aromatic heterocycles. The molecule has 2 aliphatic rings. The zero-order valence-electron chi connectivity index (χ0n) is 16.3. The van der Waals surface area contributed by atoms with Crippen LogP contribution in [0.25, 0.3) is 0 Å². The zero-order valence-corrected chi connectivity index (χ0v) is 16.3. The van der Waals surface area contributed by atoms with E-state index in [0.717, 1.165) is 31.4 Å². The van der Waals surface area contributed by atoms with Crippen LogP contribution in [-0.4, -0.2) is 40.5 Å². The minimum atomic E-state index is -0.828. The average molecular weight is 394 g/mol. The van der Waals surface area contributed by atoms with Gasteiger partial charge >= 0.3 is 5.97 Å². The number of carbonyl (C=O) groups is 2. The Morgan fingerprint density at radius 1 is 1.03 bits per heavy atom. The molecular formula is C23H26N2O4. The van der Waals surface area contributed by atoms with E-state index >= 15 is 0 Å². The first-order valence-corrected chi connectivity index (χ1v) is 10.2. The molecule has 0 bridgehead atoms. The number of benzene rings is 2. The number of nitrogens with zero attached hydrogens (tertiary/aromatic N) is 1. The van der Waals surface area contributed by atoms with Gasteiger partial charge in [-0.05, 0) is 49.4 Å². The molecule has 6 nitrogen and oxygen atoms in total. The first-order valence-electron chi connectivity index (χ1n) is 10.2. The van der Waals surface area contributed by atoms with Gasteiger partial charge in [0.05, 0.1) is 6.54 Å². The van der Waals surface area contributed by atoms with E-state index in [4.69, 9.17) is 4.74 Å². The van der Waals surface area contributed by atoms with Gasteiger partial charge in [0.2, 0.25) is 5.91 Å². The van der Waals surface area contributed by atoms with Crippen LogP contribution in [0.2, 0.25) is 0 Å². The van der Waals surface area contributed by atoms with Gasteiger partial charge in [-0.25, -0.2) is 0 Å². The van der Waals surface area contributed by atoms with Crippen LogP contribution in [-0.2, 0) is 9.59 Å². The summed E-state index contributed by atoms with van der Waals surface area (Å²) in [5.41, 5.74) is 0.634. The number of carboxylic acids is 1. The van der Waals surface area contributed by atoms with Gasteiger partial charge in [-0.1, -0.05) is 37.1 Å². The van der Waals surface area contributed by atoms with E-state index in [1.54, 1.807) is 12.1 Å². The number of amides is 1. The summed E-state index contributed by atoms with van der Waals surface area (Å²) >= 11 is 0. The van der Waals surface area contributed by atoms with Gasteiger partial charge in [0, 0.05) is 17.8 Å². The maximum absolute atomic E-state index is 12.7. The fourth-order valence-electron chi connectivity index (χ4n) is 4.65. The highest BCUT2D eigenvalue weighted by molar-refractivity contribution is 5.93. The molecule has 1 aliphatic heterocycles. The van der Waals surface area contributed by atoms with Crippen LogP contribution in [0.4, 0.5) is 5.69 Å². The Balaban J connectivity index is 1.41. The number of anilines is 1. The van der Waals surface area contributed by atoms with Crippen LogP contribution >= 0.6 is 0 Å². The largest absolute Gasteiger partial charge is 0.480 e. The Bertz CT molecular complexity index is 870. The summed E-state index contributed by atoms with van der Waals surface area (Å²) in [7, 11) is 0. The summed E-state index contributed by atoms with van der Waals surface area (Å²) in [5, 5.41) is 12.5. The number of para-hydroxylation sites is 1. The fourth-order valence-corrected chi connectivity index (χ4v) is 4.65. The summed E-state index contributed by atoms with van der Waals surface area (Å²) in [6.07, 6.45) is 4.94. The van der Waals surface area contributed by atoms with Gasteiger partial charge in [-0.3, -0.25) is 14.5 Å². The molecule has 152 valence electrons. The van der Waals surface area contributed by atoms with Crippen molar-refractivity contribution in [2.75, 3.05) is 11.9 Å². The number of rotatable bonds is 6. The van der Waals surface area contributed by atoms with Crippen molar-refractivity contribution in [3.8, 4) is 11.5 Å². The van der Waals surface area contributed by atoms with E-state index in [1.807, 2.05) is 47.4 Å². The van der Waals surface area contributed by atoms with Crippen LogP contribution < -0.4 is 10.1 Å². The third-order valence-electron chi connectivity index (χ3n) is 5.93.